The number of halogens is 1. The maximum absolute atomic E-state index is 12.1. The topological polar surface area (TPSA) is 97.2 Å². The van der Waals surface area contributed by atoms with Crippen molar-refractivity contribution in [2.75, 3.05) is 5.32 Å². The molecule has 7 nitrogen and oxygen atoms in total. The van der Waals surface area contributed by atoms with E-state index in [9.17, 15) is 14.9 Å². The molecule has 1 aromatic carbocycles. The average molecular weight is 305 g/mol. The number of nitrogens with one attached hydrogen (secondary N) is 2. The monoisotopic (exact) mass is 304 g/mol. The van der Waals surface area contributed by atoms with Crippen LogP contribution in [0.5, 0.6) is 0 Å². The Morgan fingerprint density at radius 2 is 1.95 bits per heavy atom. The van der Waals surface area contributed by atoms with Crippen LogP contribution in [0.2, 0.25) is 5.02 Å². The molecular formula is C13H9ClN4O3. The Kier molecular flexibility index (Phi) is 3.19. The number of hydrogen-bond donors (Lipinski definition) is 2. The van der Waals surface area contributed by atoms with Gasteiger partial charge in [-0.05, 0) is 17.7 Å². The molecule has 21 heavy (non-hydrogen) atoms. The summed E-state index contributed by atoms with van der Waals surface area (Å²) in [6.07, 6.45) is 0.653. The molecule has 1 unspecified atom stereocenters. The largest absolute Gasteiger partial charge is 0.346 e. The Bertz CT molecular complexity index is 733. The molecule has 2 heterocycles. The fourth-order valence-electron chi connectivity index (χ4n) is 2.05. The maximum Gasteiger partial charge on any atom is 0.288 e. The van der Waals surface area contributed by atoms with Crippen LogP contribution in [-0.4, -0.2) is 15.8 Å². The molecule has 0 radical (unpaired) electrons. The van der Waals surface area contributed by atoms with Gasteiger partial charge in [0.2, 0.25) is 0 Å². The summed E-state index contributed by atoms with van der Waals surface area (Å²) in [7, 11) is 0. The fourth-order valence-corrected chi connectivity index (χ4v) is 2.17. The van der Waals surface area contributed by atoms with Crippen molar-refractivity contribution in [3.8, 4) is 0 Å². The third-order valence-electron chi connectivity index (χ3n) is 3.09. The van der Waals surface area contributed by atoms with E-state index in [1.165, 1.54) is 6.07 Å². The lowest BCUT2D eigenvalue weighted by molar-refractivity contribution is -0.385. The highest BCUT2D eigenvalue weighted by Gasteiger charge is 2.27. The summed E-state index contributed by atoms with van der Waals surface area (Å²) in [5.41, 5.74) is 0.726. The molecule has 0 fully saturated rings. The van der Waals surface area contributed by atoms with Crippen LogP contribution in [0.25, 0.3) is 0 Å². The Labute approximate surface area is 124 Å². The second-order valence-electron chi connectivity index (χ2n) is 4.45. The van der Waals surface area contributed by atoms with Gasteiger partial charge in [0.05, 0.1) is 10.5 Å². The van der Waals surface area contributed by atoms with Gasteiger partial charge in [-0.2, -0.15) is 0 Å². The SMILES string of the molecule is O=C1NC(c2ccc(Cl)cc2)Nc2ncc([N+](=O)[O-])cc21. The highest BCUT2D eigenvalue weighted by Crippen LogP contribution is 2.27. The number of fused-ring (bicyclic) bond motifs is 1. The molecule has 1 aliphatic rings. The van der Waals surface area contributed by atoms with Crippen LogP contribution >= 0.6 is 11.6 Å². The summed E-state index contributed by atoms with van der Waals surface area (Å²) in [5.74, 6) is -0.107. The van der Waals surface area contributed by atoms with Gasteiger partial charge in [-0.15, -0.1) is 0 Å². The zero-order valence-corrected chi connectivity index (χ0v) is 11.3. The summed E-state index contributed by atoms with van der Waals surface area (Å²) in [4.78, 5) is 26.1. The molecule has 0 saturated carbocycles. The van der Waals surface area contributed by atoms with Crippen molar-refractivity contribution in [3.05, 3.63) is 62.8 Å². The highest BCUT2D eigenvalue weighted by atomic mass is 35.5. The highest BCUT2D eigenvalue weighted by molar-refractivity contribution is 6.30. The number of benzene rings is 1. The van der Waals surface area contributed by atoms with Gasteiger partial charge in [-0.3, -0.25) is 14.9 Å². The Morgan fingerprint density at radius 1 is 1.24 bits per heavy atom. The number of pyridine rings is 1. The molecule has 1 aromatic heterocycles. The summed E-state index contributed by atoms with van der Waals surface area (Å²) >= 11 is 5.82. The molecule has 0 saturated heterocycles. The van der Waals surface area contributed by atoms with Crippen molar-refractivity contribution in [2.24, 2.45) is 0 Å². The first-order chi connectivity index (χ1) is 10.0. The van der Waals surface area contributed by atoms with Gasteiger partial charge < -0.3 is 10.6 Å². The lowest BCUT2D eigenvalue weighted by atomic mass is 10.1. The minimum atomic E-state index is -0.591. The Balaban J connectivity index is 1.94. The number of aromatic nitrogens is 1. The Morgan fingerprint density at radius 3 is 2.62 bits per heavy atom. The van der Waals surface area contributed by atoms with Crippen LogP contribution < -0.4 is 10.6 Å². The first-order valence-corrected chi connectivity index (χ1v) is 6.40. The van der Waals surface area contributed by atoms with Gasteiger partial charge in [-0.1, -0.05) is 23.7 Å². The van der Waals surface area contributed by atoms with Crippen molar-refractivity contribution >= 4 is 29.0 Å². The molecule has 2 aromatic rings. The number of carbonyl (C=O) groups excluding carboxylic acids is 1. The molecule has 8 heteroatoms. The van der Waals surface area contributed by atoms with Crippen molar-refractivity contribution in [1.29, 1.82) is 0 Å². The van der Waals surface area contributed by atoms with Crippen LogP contribution in [0.4, 0.5) is 11.5 Å². The van der Waals surface area contributed by atoms with E-state index in [1.807, 2.05) is 0 Å². The standard InChI is InChI=1S/C13H9ClN4O3/c14-8-3-1-7(2-4-8)11-16-12-10(13(19)17-11)5-9(6-15-12)18(20)21/h1-6,11H,(H,15,16)(H,17,19). The molecule has 2 N–H and O–H groups in total. The van der Waals surface area contributed by atoms with Crippen LogP contribution in [0, 0.1) is 10.1 Å². The first kappa shape index (κ1) is 13.3. The van der Waals surface area contributed by atoms with Crippen molar-refractivity contribution < 1.29 is 9.72 Å². The molecule has 0 spiro atoms. The third kappa shape index (κ3) is 2.50. The Hall–Kier alpha value is -2.67. The molecule has 1 aliphatic heterocycles. The minimum Gasteiger partial charge on any atom is -0.346 e. The van der Waals surface area contributed by atoms with E-state index in [-0.39, 0.29) is 11.3 Å². The smallest absolute Gasteiger partial charge is 0.288 e. The second-order valence-corrected chi connectivity index (χ2v) is 4.89. The number of anilines is 1. The van der Waals surface area contributed by atoms with E-state index < -0.39 is 17.0 Å². The molecule has 0 aliphatic carbocycles. The number of hydrogen-bond acceptors (Lipinski definition) is 5. The van der Waals surface area contributed by atoms with Crippen LogP contribution in [0.15, 0.2) is 36.5 Å². The van der Waals surface area contributed by atoms with Crippen molar-refractivity contribution in [2.45, 2.75) is 6.17 Å². The van der Waals surface area contributed by atoms with Gasteiger partial charge in [0.25, 0.3) is 11.6 Å². The number of nitro groups is 1. The van der Waals surface area contributed by atoms with Gasteiger partial charge in [0.1, 0.15) is 18.2 Å². The van der Waals surface area contributed by atoms with E-state index in [0.29, 0.717) is 10.8 Å². The maximum atomic E-state index is 12.1. The quantitative estimate of drug-likeness (QED) is 0.656. The van der Waals surface area contributed by atoms with E-state index in [4.69, 9.17) is 11.6 Å². The van der Waals surface area contributed by atoms with E-state index in [0.717, 1.165) is 11.8 Å². The first-order valence-electron chi connectivity index (χ1n) is 6.02. The number of carbonyl (C=O) groups is 1. The number of amides is 1. The van der Waals surface area contributed by atoms with Gasteiger partial charge >= 0.3 is 0 Å². The molecule has 3 rings (SSSR count). The second kappa shape index (κ2) is 5.02. The molecule has 1 atom stereocenters. The molecule has 106 valence electrons. The van der Waals surface area contributed by atoms with Crippen molar-refractivity contribution in [1.82, 2.24) is 10.3 Å². The zero-order valence-electron chi connectivity index (χ0n) is 10.5. The van der Waals surface area contributed by atoms with Crippen LogP contribution in [0.3, 0.4) is 0 Å². The van der Waals surface area contributed by atoms with E-state index >= 15 is 0 Å². The van der Waals surface area contributed by atoms with Crippen LogP contribution in [-0.2, 0) is 0 Å². The minimum absolute atomic E-state index is 0.148. The van der Waals surface area contributed by atoms with Crippen LogP contribution in [0.1, 0.15) is 22.1 Å². The van der Waals surface area contributed by atoms with Crippen molar-refractivity contribution in [3.63, 3.8) is 0 Å². The predicted octanol–water partition coefficient (Wildman–Crippen LogP) is 2.50. The normalized spacial score (nSPS) is 16.6. The summed E-state index contributed by atoms with van der Waals surface area (Å²) < 4.78 is 0. The number of rotatable bonds is 2. The average Bonchev–Trinajstić information content (AvgIpc) is 2.47. The molecule has 1 amide bonds. The third-order valence-corrected chi connectivity index (χ3v) is 3.34. The van der Waals surface area contributed by atoms with Gasteiger partial charge in [-0.25, -0.2) is 4.98 Å². The van der Waals surface area contributed by atoms with Gasteiger partial charge in [0.15, 0.2) is 0 Å². The van der Waals surface area contributed by atoms with E-state index in [1.54, 1.807) is 24.3 Å². The lowest BCUT2D eigenvalue weighted by Crippen LogP contribution is -2.38. The fraction of sp³-hybridized carbons (Fsp3) is 0.0769. The summed E-state index contributed by atoms with van der Waals surface area (Å²) in [6, 6.07) is 8.17. The zero-order chi connectivity index (χ0) is 15.0. The predicted molar refractivity (Wildman–Crippen MR) is 76.2 cm³/mol. The summed E-state index contributed by atoms with van der Waals surface area (Å²) in [5, 5.41) is 17.0. The van der Waals surface area contributed by atoms with E-state index in [2.05, 4.69) is 15.6 Å². The summed E-state index contributed by atoms with van der Waals surface area (Å²) in [6.45, 7) is 0. The molecular weight excluding hydrogens is 296 g/mol. The molecule has 0 bridgehead atoms. The van der Waals surface area contributed by atoms with Gasteiger partial charge in [0, 0.05) is 11.1 Å². The lowest BCUT2D eigenvalue weighted by Gasteiger charge is -2.27. The number of nitrogens with zero attached hydrogens (tertiary/aromatic N) is 2.